The summed E-state index contributed by atoms with van der Waals surface area (Å²) >= 11 is 0. The highest BCUT2D eigenvalue weighted by Crippen LogP contribution is 2.41. The zero-order chi connectivity index (χ0) is 21.7. The lowest BCUT2D eigenvalue weighted by molar-refractivity contribution is 0.299. The molecule has 0 bridgehead atoms. The van der Waals surface area contributed by atoms with Crippen LogP contribution in [0.2, 0.25) is 0 Å². The molecule has 1 aliphatic rings. The number of unbranched alkanes of at least 4 members (excludes halogenated alkanes) is 1. The first-order valence-corrected chi connectivity index (χ1v) is 10.7. The third-order valence-corrected chi connectivity index (χ3v) is 6.06. The van der Waals surface area contributed by atoms with E-state index >= 15 is 0 Å². The number of hydrogen-bond acceptors (Lipinski definition) is 1. The van der Waals surface area contributed by atoms with Crippen molar-refractivity contribution >= 4 is 0 Å². The molecule has 0 saturated heterocycles. The number of rotatable bonds is 8. The zero-order valence-electron chi connectivity index (χ0n) is 17.3. The van der Waals surface area contributed by atoms with Gasteiger partial charge >= 0.3 is 0 Å². The highest BCUT2D eigenvalue weighted by molar-refractivity contribution is 5.66. The Morgan fingerprint density at radius 2 is 1.53 bits per heavy atom. The molecule has 3 rings (SSSR count). The largest absolute Gasteiger partial charge is 0.486 e. The van der Waals surface area contributed by atoms with Gasteiger partial charge < -0.3 is 4.74 Å². The highest BCUT2D eigenvalue weighted by Gasteiger charge is 2.27. The summed E-state index contributed by atoms with van der Waals surface area (Å²) in [5, 5.41) is 0. The summed E-state index contributed by atoms with van der Waals surface area (Å²) in [7, 11) is 0. The van der Waals surface area contributed by atoms with E-state index in [0.29, 0.717) is 11.5 Å². The Labute approximate surface area is 175 Å². The van der Waals surface area contributed by atoms with Crippen molar-refractivity contribution in [3.05, 3.63) is 65.8 Å². The lowest BCUT2D eigenvalue weighted by atomic mass is 9.76. The molecule has 5 heteroatoms. The predicted molar refractivity (Wildman–Crippen MR) is 112 cm³/mol. The van der Waals surface area contributed by atoms with Crippen molar-refractivity contribution in [2.24, 2.45) is 5.92 Å². The van der Waals surface area contributed by atoms with Crippen LogP contribution in [0, 0.1) is 29.2 Å². The Balaban J connectivity index is 1.82. The summed E-state index contributed by atoms with van der Waals surface area (Å²) in [6, 6.07) is 5.27. The molecule has 0 unspecified atom stereocenters. The topological polar surface area (TPSA) is 9.23 Å². The van der Waals surface area contributed by atoms with E-state index in [2.05, 4.69) is 13.5 Å². The Morgan fingerprint density at radius 1 is 0.900 bits per heavy atom. The summed E-state index contributed by atoms with van der Waals surface area (Å²) in [6.07, 6.45) is 8.63. The molecular weight excluding hydrogens is 392 g/mol. The second-order valence-electron chi connectivity index (χ2n) is 8.03. The van der Waals surface area contributed by atoms with Crippen LogP contribution in [0.5, 0.6) is 5.75 Å². The second-order valence-corrected chi connectivity index (χ2v) is 8.03. The van der Waals surface area contributed by atoms with Crippen LogP contribution < -0.4 is 4.74 Å². The minimum atomic E-state index is -1.26. The normalized spacial score (nSPS) is 19.0. The second kappa shape index (κ2) is 10.1. The van der Waals surface area contributed by atoms with Crippen LogP contribution in [0.1, 0.15) is 63.4 Å². The highest BCUT2D eigenvalue weighted by atomic mass is 19.2. The van der Waals surface area contributed by atoms with Gasteiger partial charge in [0, 0.05) is 11.1 Å². The smallest absolute Gasteiger partial charge is 0.201 e. The van der Waals surface area contributed by atoms with Crippen LogP contribution in [-0.2, 0) is 0 Å². The third-order valence-electron chi connectivity index (χ3n) is 6.06. The van der Waals surface area contributed by atoms with Gasteiger partial charge in [0.05, 0.1) is 0 Å². The minimum Gasteiger partial charge on any atom is -0.486 e. The van der Waals surface area contributed by atoms with Crippen molar-refractivity contribution in [1.29, 1.82) is 0 Å². The van der Waals surface area contributed by atoms with Gasteiger partial charge in [-0.15, -0.1) is 0 Å². The molecule has 1 nitrogen and oxygen atoms in total. The number of ether oxygens (including phenoxy) is 1. The molecule has 0 radical (unpaired) electrons. The van der Waals surface area contributed by atoms with E-state index in [1.165, 1.54) is 49.6 Å². The van der Waals surface area contributed by atoms with Crippen LogP contribution >= 0.6 is 0 Å². The van der Waals surface area contributed by atoms with Gasteiger partial charge in [-0.2, -0.15) is 4.39 Å². The fourth-order valence-corrected chi connectivity index (χ4v) is 4.34. The molecule has 1 saturated carbocycles. The first-order chi connectivity index (χ1) is 14.5. The Hall–Kier alpha value is -2.30. The first kappa shape index (κ1) is 22.4. The van der Waals surface area contributed by atoms with Crippen LogP contribution in [0.3, 0.4) is 0 Å². The maximum atomic E-state index is 14.9. The van der Waals surface area contributed by atoms with Crippen LogP contribution in [0.4, 0.5) is 17.6 Å². The molecule has 0 spiro atoms. The molecule has 0 amide bonds. The van der Waals surface area contributed by atoms with Crippen molar-refractivity contribution in [2.75, 3.05) is 6.61 Å². The van der Waals surface area contributed by atoms with Crippen LogP contribution in [-0.4, -0.2) is 6.61 Å². The molecule has 0 aromatic heterocycles. The molecule has 0 aliphatic heterocycles. The Kier molecular flexibility index (Phi) is 7.57. The molecule has 0 atom stereocenters. The first-order valence-electron chi connectivity index (χ1n) is 10.7. The molecule has 162 valence electrons. The summed E-state index contributed by atoms with van der Waals surface area (Å²) in [5.41, 5.74) is -0.291. The fourth-order valence-electron chi connectivity index (χ4n) is 4.34. The lowest BCUT2D eigenvalue weighted by Crippen LogP contribution is -2.15. The van der Waals surface area contributed by atoms with E-state index < -0.39 is 23.3 Å². The summed E-state index contributed by atoms with van der Waals surface area (Å²) in [6.45, 7) is 5.62. The van der Waals surface area contributed by atoms with Gasteiger partial charge in [0.15, 0.2) is 23.2 Å². The lowest BCUT2D eigenvalue weighted by Gasteiger charge is -2.29. The molecule has 30 heavy (non-hydrogen) atoms. The monoisotopic (exact) mass is 420 g/mol. The predicted octanol–water partition coefficient (Wildman–Crippen LogP) is 7.94. The molecular formula is C25H28F4O. The van der Waals surface area contributed by atoms with E-state index in [4.69, 9.17) is 4.74 Å². The number of halogens is 4. The van der Waals surface area contributed by atoms with Crippen LogP contribution in [0.15, 0.2) is 36.9 Å². The quantitative estimate of drug-likeness (QED) is 0.311. The van der Waals surface area contributed by atoms with Gasteiger partial charge in [-0.1, -0.05) is 51.0 Å². The summed E-state index contributed by atoms with van der Waals surface area (Å²) in [4.78, 5) is 0. The van der Waals surface area contributed by atoms with Crippen molar-refractivity contribution < 1.29 is 22.3 Å². The average molecular weight is 420 g/mol. The Bertz CT molecular complexity index is 885. The van der Waals surface area contributed by atoms with E-state index in [1.54, 1.807) is 0 Å². The molecule has 1 fully saturated rings. The van der Waals surface area contributed by atoms with Crippen molar-refractivity contribution in [1.82, 2.24) is 0 Å². The fraction of sp³-hybridized carbons (Fsp3) is 0.440. The van der Waals surface area contributed by atoms with Gasteiger partial charge in [0.1, 0.15) is 6.61 Å². The summed E-state index contributed by atoms with van der Waals surface area (Å²) in [5.74, 6) is -4.28. The van der Waals surface area contributed by atoms with E-state index in [-0.39, 0.29) is 29.4 Å². The molecule has 0 heterocycles. The van der Waals surface area contributed by atoms with Gasteiger partial charge in [-0.25, -0.2) is 13.2 Å². The van der Waals surface area contributed by atoms with Crippen molar-refractivity contribution in [2.45, 2.75) is 57.8 Å². The zero-order valence-corrected chi connectivity index (χ0v) is 17.3. The summed E-state index contributed by atoms with van der Waals surface area (Å²) < 4.78 is 63.5. The standard InChI is InChI=1S/C25H28F4O/c1-3-5-6-16-7-9-17(10-8-16)18-11-12-19(23(27)22(18)26)20-13-14-21(30-15-4-2)25(29)24(20)28/h4,11-14,16-17H,2-3,5-10,15H2,1H3. The molecule has 1 aliphatic carbocycles. The van der Waals surface area contributed by atoms with Crippen molar-refractivity contribution in [3.8, 4) is 16.9 Å². The Morgan fingerprint density at radius 3 is 2.17 bits per heavy atom. The van der Waals surface area contributed by atoms with Gasteiger partial charge in [-0.3, -0.25) is 0 Å². The third kappa shape index (κ3) is 4.71. The van der Waals surface area contributed by atoms with E-state index in [0.717, 1.165) is 25.7 Å². The minimum absolute atomic E-state index is 0.00802. The number of hydrogen-bond donors (Lipinski definition) is 0. The van der Waals surface area contributed by atoms with E-state index in [1.807, 2.05) is 0 Å². The molecule has 0 N–H and O–H groups in total. The number of benzene rings is 2. The van der Waals surface area contributed by atoms with Gasteiger partial charge in [-0.05, 0) is 55.2 Å². The maximum Gasteiger partial charge on any atom is 0.201 e. The average Bonchev–Trinajstić information content (AvgIpc) is 2.76. The van der Waals surface area contributed by atoms with E-state index in [9.17, 15) is 17.6 Å². The SMILES string of the molecule is C=CCOc1ccc(-c2ccc(C3CCC(CCCC)CC3)c(F)c2F)c(F)c1F. The maximum absolute atomic E-state index is 14.9. The van der Waals surface area contributed by atoms with Crippen molar-refractivity contribution in [3.63, 3.8) is 0 Å². The molecule has 2 aromatic rings. The van der Waals surface area contributed by atoms with Crippen LogP contribution in [0.25, 0.3) is 11.1 Å². The van der Waals surface area contributed by atoms with Gasteiger partial charge in [0.25, 0.3) is 0 Å². The molecule has 2 aromatic carbocycles. The van der Waals surface area contributed by atoms with Gasteiger partial charge in [0.2, 0.25) is 5.82 Å².